The van der Waals surface area contributed by atoms with Crippen LogP contribution in [-0.2, 0) is 11.2 Å². The lowest BCUT2D eigenvalue weighted by Crippen LogP contribution is -2.31. The SMILES string of the molecule is CCc1ccc(OCC(=O)N[C@H](C)c2ccc(-n3ccnc3)cc2)cc1. The Hall–Kier alpha value is -3.08. The van der Waals surface area contributed by atoms with Gasteiger partial charge in [0.1, 0.15) is 5.75 Å². The summed E-state index contributed by atoms with van der Waals surface area (Å²) < 4.78 is 7.48. The highest BCUT2D eigenvalue weighted by atomic mass is 16.5. The quantitative estimate of drug-likeness (QED) is 0.708. The number of ether oxygens (including phenoxy) is 1. The molecule has 1 atom stereocenters. The number of aromatic nitrogens is 2. The molecule has 3 rings (SSSR count). The summed E-state index contributed by atoms with van der Waals surface area (Å²) in [6.45, 7) is 4.07. The molecular weight excluding hydrogens is 326 g/mol. The number of benzene rings is 2. The molecule has 1 heterocycles. The van der Waals surface area contributed by atoms with Crippen molar-refractivity contribution in [2.75, 3.05) is 6.61 Å². The Balaban J connectivity index is 1.51. The fourth-order valence-electron chi connectivity index (χ4n) is 2.68. The predicted octanol–water partition coefficient (Wildman–Crippen LogP) is 3.69. The minimum atomic E-state index is -0.143. The summed E-state index contributed by atoms with van der Waals surface area (Å²) in [6.07, 6.45) is 6.37. The first-order valence-electron chi connectivity index (χ1n) is 8.75. The predicted molar refractivity (Wildman–Crippen MR) is 101 cm³/mol. The summed E-state index contributed by atoms with van der Waals surface area (Å²) in [5.74, 6) is 0.561. The van der Waals surface area contributed by atoms with Crippen LogP contribution in [0, 0.1) is 0 Å². The number of aryl methyl sites for hydroxylation is 1. The Kier molecular flexibility index (Phi) is 5.69. The third-order valence-electron chi connectivity index (χ3n) is 4.27. The number of amides is 1. The van der Waals surface area contributed by atoms with Gasteiger partial charge < -0.3 is 14.6 Å². The molecule has 5 nitrogen and oxygen atoms in total. The van der Waals surface area contributed by atoms with Crippen LogP contribution in [0.5, 0.6) is 5.75 Å². The van der Waals surface area contributed by atoms with Gasteiger partial charge in [0.2, 0.25) is 0 Å². The van der Waals surface area contributed by atoms with E-state index >= 15 is 0 Å². The first-order chi connectivity index (χ1) is 12.7. The molecule has 3 aromatic rings. The van der Waals surface area contributed by atoms with Crippen LogP contribution >= 0.6 is 0 Å². The van der Waals surface area contributed by atoms with Gasteiger partial charge >= 0.3 is 0 Å². The molecule has 0 radical (unpaired) electrons. The highest BCUT2D eigenvalue weighted by Crippen LogP contribution is 2.16. The Morgan fingerprint density at radius 2 is 1.88 bits per heavy atom. The van der Waals surface area contributed by atoms with Crippen molar-refractivity contribution in [3.05, 3.63) is 78.4 Å². The standard InChI is InChI=1S/C21H23N3O2/c1-3-17-4-10-20(11-5-17)26-14-21(25)23-16(2)18-6-8-19(9-7-18)24-13-12-22-15-24/h4-13,15-16H,3,14H2,1-2H3,(H,23,25)/t16-/m1/s1. The number of hydrogen-bond donors (Lipinski definition) is 1. The van der Waals surface area contributed by atoms with Gasteiger partial charge in [0.25, 0.3) is 5.91 Å². The molecule has 2 aromatic carbocycles. The first-order valence-corrected chi connectivity index (χ1v) is 8.75. The van der Waals surface area contributed by atoms with Crippen molar-refractivity contribution in [3.8, 4) is 11.4 Å². The highest BCUT2D eigenvalue weighted by Gasteiger charge is 2.10. The van der Waals surface area contributed by atoms with Crippen LogP contribution in [0.25, 0.3) is 5.69 Å². The van der Waals surface area contributed by atoms with E-state index in [4.69, 9.17) is 4.74 Å². The molecule has 1 N–H and O–H groups in total. The third-order valence-corrected chi connectivity index (χ3v) is 4.27. The topological polar surface area (TPSA) is 56.1 Å². The van der Waals surface area contributed by atoms with Crippen LogP contribution in [0.2, 0.25) is 0 Å². The van der Waals surface area contributed by atoms with E-state index < -0.39 is 0 Å². The molecular formula is C21H23N3O2. The van der Waals surface area contributed by atoms with Crippen LogP contribution in [0.4, 0.5) is 0 Å². The van der Waals surface area contributed by atoms with E-state index in [2.05, 4.69) is 17.2 Å². The van der Waals surface area contributed by atoms with E-state index in [1.54, 1.807) is 12.5 Å². The van der Waals surface area contributed by atoms with Crippen molar-refractivity contribution in [2.45, 2.75) is 26.3 Å². The van der Waals surface area contributed by atoms with Gasteiger partial charge in [0, 0.05) is 18.1 Å². The number of nitrogens with one attached hydrogen (secondary N) is 1. The van der Waals surface area contributed by atoms with E-state index in [9.17, 15) is 4.79 Å². The molecule has 0 bridgehead atoms. The smallest absolute Gasteiger partial charge is 0.258 e. The lowest BCUT2D eigenvalue weighted by molar-refractivity contribution is -0.123. The van der Waals surface area contributed by atoms with Gasteiger partial charge in [-0.25, -0.2) is 4.98 Å². The third kappa shape index (κ3) is 4.51. The number of carbonyl (C=O) groups excluding carboxylic acids is 1. The normalized spacial score (nSPS) is 11.8. The Labute approximate surface area is 153 Å². The average Bonchev–Trinajstić information content (AvgIpc) is 3.21. The molecule has 0 saturated heterocycles. The number of nitrogens with zero attached hydrogens (tertiary/aromatic N) is 2. The van der Waals surface area contributed by atoms with Crippen molar-refractivity contribution in [2.24, 2.45) is 0 Å². The molecule has 1 amide bonds. The summed E-state index contributed by atoms with van der Waals surface area (Å²) in [5.41, 5.74) is 3.31. The summed E-state index contributed by atoms with van der Waals surface area (Å²) in [5, 5.41) is 2.96. The van der Waals surface area contributed by atoms with E-state index in [0.717, 1.165) is 17.7 Å². The highest BCUT2D eigenvalue weighted by molar-refractivity contribution is 5.78. The Morgan fingerprint density at radius 1 is 1.15 bits per heavy atom. The monoisotopic (exact) mass is 349 g/mol. The molecule has 0 aliphatic heterocycles. The zero-order chi connectivity index (χ0) is 18.4. The van der Waals surface area contributed by atoms with Crippen LogP contribution in [-0.4, -0.2) is 22.1 Å². The second-order valence-corrected chi connectivity index (χ2v) is 6.14. The van der Waals surface area contributed by atoms with Crippen LogP contribution < -0.4 is 10.1 Å². The van der Waals surface area contributed by atoms with Crippen molar-refractivity contribution in [1.29, 1.82) is 0 Å². The molecule has 26 heavy (non-hydrogen) atoms. The van der Waals surface area contributed by atoms with E-state index in [1.165, 1.54) is 5.56 Å². The van der Waals surface area contributed by atoms with Gasteiger partial charge in [-0.1, -0.05) is 31.2 Å². The van der Waals surface area contributed by atoms with Crippen LogP contribution in [0.3, 0.4) is 0 Å². The molecule has 0 aliphatic rings. The maximum atomic E-state index is 12.1. The number of imidazole rings is 1. The Morgan fingerprint density at radius 3 is 2.50 bits per heavy atom. The Bertz CT molecular complexity index is 825. The van der Waals surface area contributed by atoms with Gasteiger partial charge in [0.15, 0.2) is 6.61 Å². The van der Waals surface area contributed by atoms with Crippen molar-refractivity contribution in [3.63, 3.8) is 0 Å². The summed E-state index contributed by atoms with van der Waals surface area (Å²) in [7, 11) is 0. The van der Waals surface area contributed by atoms with Gasteiger partial charge in [-0.2, -0.15) is 0 Å². The maximum absolute atomic E-state index is 12.1. The van der Waals surface area contributed by atoms with E-state index in [0.29, 0.717) is 5.75 Å². The van der Waals surface area contributed by atoms with Gasteiger partial charge in [-0.05, 0) is 48.7 Å². The molecule has 0 unspecified atom stereocenters. The molecule has 134 valence electrons. The summed E-state index contributed by atoms with van der Waals surface area (Å²) >= 11 is 0. The van der Waals surface area contributed by atoms with E-state index in [-0.39, 0.29) is 18.6 Å². The lowest BCUT2D eigenvalue weighted by Gasteiger charge is -2.15. The lowest BCUT2D eigenvalue weighted by atomic mass is 10.1. The van der Waals surface area contributed by atoms with Gasteiger partial charge in [-0.3, -0.25) is 4.79 Å². The van der Waals surface area contributed by atoms with E-state index in [1.807, 2.05) is 66.2 Å². The van der Waals surface area contributed by atoms with Crippen molar-refractivity contribution < 1.29 is 9.53 Å². The maximum Gasteiger partial charge on any atom is 0.258 e. The molecule has 0 spiro atoms. The second-order valence-electron chi connectivity index (χ2n) is 6.14. The fourth-order valence-corrected chi connectivity index (χ4v) is 2.68. The zero-order valence-electron chi connectivity index (χ0n) is 15.1. The summed E-state index contributed by atoms with van der Waals surface area (Å²) in [6, 6.07) is 15.7. The van der Waals surface area contributed by atoms with Crippen LogP contribution in [0.1, 0.15) is 31.0 Å². The zero-order valence-corrected chi connectivity index (χ0v) is 15.1. The number of rotatable bonds is 7. The fraction of sp³-hybridized carbons (Fsp3) is 0.238. The second kappa shape index (κ2) is 8.34. The minimum Gasteiger partial charge on any atom is -0.484 e. The largest absolute Gasteiger partial charge is 0.484 e. The van der Waals surface area contributed by atoms with Crippen molar-refractivity contribution in [1.82, 2.24) is 14.9 Å². The van der Waals surface area contributed by atoms with Gasteiger partial charge in [-0.15, -0.1) is 0 Å². The minimum absolute atomic E-state index is 0.00291. The summed E-state index contributed by atoms with van der Waals surface area (Å²) in [4.78, 5) is 16.2. The average molecular weight is 349 g/mol. The molecule has 5 heteroatoms. The molecule has 0 fully saturated rings. The van der Waals surface area contributed by atoms with Crippen LogP contribution in [0.15, 0.2) is 67.3 Å². The molecule has 0 aliphatic carbocycles. The first kappa shape index (κ1) is 17.7. The molecule has 1 aromatic heterocycles. The number of carbonyl (C=O) groups is 1. The number of hydrogen-bond acceptors (Lipinski definition) is 3. The van der Waals surface area contributed by atoms with Gasteiger partial charge in [0.05, 0.1) is 12.4 Å². The van der Waals surface area contributed by atoms with Crippen molar-refractivity contribution >= 4 is 5.91 Å². The molecule has 0 saturated carbocycles.